The van der Waals surface area contributed by atoms with Crippen molar-refractivity contribution in [3.8, 4) is 0 Å². The highest BCUT2D eigenvalue weighted by Crippen LogP contribution is 2.19. The van der Waals surface area contributed by atoms with E-state index >= 15 is 0 Å². The van der Waals surface area contributed by atoms with Crippen molar-refractivity contribution in [1.82, 2.24) is 4.98 Å². The summed E-state index contributed by atoms with van der Waals surface area (Å²) < 4.78 is 0. The average Bonchev–Trinajstić information content (AvgIpc) is 2.70. The molecule has 10 N–H and O–H groups in total. The van der Waals surface area contributed by atoms with Gasteiger partial charge in [0.15, 0.2) is 5.96 Å². The predicted molar refractivity (Wildman–Crippen MR) is 94.5 cm³/mol. The van der Waals surface area contributed by atoms with Crippen molar-refractivity contribution >= 4 is 59.1 Å². The second-order valence-corrected chi connectivity index (χ2v) is 4.64. The van der Waals surface area contributed by atoms with Gasteiger partial charge in [0.1, 0.15) is 5.84 Å². The minimum Gasteiger partial charge on any atom is -0.412 e. The van der Waals surface area contributed by atoms with Gasteiger partial charge in [-0.1, -0.05) is 0 Å². The maximum atomic E-state index is 10.5. The molecule has 1 aromatic heterocycles. The van der Waals surface area contributed by atoms with E-state index in [0.29, 0.717) is 11.6 Å². The van der Waals surface area contributed by atoms with Gasteiger partial charge in [0.2, 0.25) is 5.13 Å². The first-order valence-electron chi connectivity index (χ1n) is 5.64. The molecule has 0 spiro atoms. The second kappa shape index (κ2) is 13.1. The molecule has 12 heteroatoms. The molecule has 0 bridgehead atoms. The number of aryl methyl sites for hydroxylation is 1. The van der Waals surface area contributed by atoms with Gasteiger partial charge in [0, 0.05) is 11.8 Å². The summed E-state index contributed by atoms with van der Waals surface area (Å²) in [5.41, 5.74) is 21.8. The van der Waals surface area contributed by atoms with E-state index in [9.17, 15) is 4.79 Å². The lowest BCUT2D eigenvalue weighted by molar-refractivity contribution is 0.256. The molecule has 0 aliphatic rings. The van der Waals surface area contributed by atoms with Gasteiger partial charge in [-0.15, -0.1) is 36.2 Å². The summed E-state index contributed by atoms with van der Waals surface area (Å²) in [7, 11) is 0. The molecule has 22 heavy (non-hydrogen) atoms. The Labute approximate surface area is 144 Å². The van der Waals surface area contributed by atoms with Crippen LogP contribution in [-0.2, 0) is 6.42 Å². The maximum absolute atomic E-state index is 10.5. The number of thiazole rings is 1. The zero-order valence-electron chi connectivity index (χ0n) is 11.7. The number of amides is 2. The third-order valence-electron chi connectivity index (χ3n) is 2.13. The number of carbonyl (C=O) groups is 1. The third kappa shape index (κ3) is 11.1. The van der Waals surface area contributed by atoms with Crippen LogP contribution in [0.1, 0.15) is 25.0 Å². The Morgan fingerprint density at radius 2 is 1.82 bits per heavy atom. The lowest BCUT2D eigenvalue weighted by Crippen LogP contribution is -2.21. The first-order valence-corrected chi connectivity index (χ1v) is 6.52. The molecule has 128 valence electrons. The summed E-state index contributed by atoms with van der Waals surface area (Å²) in [6.07, 6.45) is 3.01. The molecular formula is C10H21Cl2N7O2S. The molecule has 1 rings (SSSR count). The van der Waals surface area contributed by atoms with Crippen molar-refractivity contribution in [3.63, 3.8) is 0 Å². The van der Waals surface area contributed by atoms with Crippen LogP contribution in [0.4, 0.5) is 9.93 Å². The predicted octanol–water partition coefficient (Wildman–Crippen LogP) is 0.216. The Morgan fingerprint density at radius 1 is 1.18 bits per heavy atom. The first-order chi connectivity index (χ1) is 8.97. The normalized spacial score (nSPS) is 9.73. The molecule has 0 saturated carbocycles. The Balaban J connectivity index is -0.00000120. The number of halogens is 2. The van der Waals surface area contributed by atoms with E-state index < -0.39 is 6.03 Å². The van der Waals surface area contributed by atoms with Crippen molar-refractivity contribution in [2.45, 2.75) is 25.7 Å². The number of hydrogen-bond donors (Lipinski definition) is 4. The van der Waals surface area contributed by atoms with E-state index in [4.69, 9.17) is 22.9 Å². The molecule has 0 saturated heterocycles. The number of carbonyl (C=O) groups excluding carboxylic acids is 1. The van der Waals surface area contributed by atoms with E-state index in [1.54, 1.807) is 0 Å². The van der Waals surface area contributed by atoms with Crippen LogP contribution in [0.3, 0.4) is 0 Å². The number of aromatic nitrogens is 1. The van der Waals surface area contributed by atoms with E-state index in [1.165, 1.54) is 11.3 Å². The second-order valence-electron chi connectivity index (χ2n) is 3.81. The Morgan fingerprint density at radius 3 is 2.36 bits per heavy atom. The number of rotatable bonds is 6. The van der Waals surface area contributed by atoms with Gasteiger partial charge in [-0.25, -0.2) is 9.78 Å². The third-order valence-corrected chi connectivity index (χ3v) is 2.92. The molecule has 1 heterocycles. The van der Waals surface area contributed by atoms with Crippen LogP contribution in [0.5, 0.6) is 0 Å². The first kappa shape index (κ1) is 25.3. The number of nitrogens with two attached hydrogens (primary N) is 4. The molecule has 0 radical (unpaired) electrons. The monoisotopic (exact) mass is 373 g/mol. The minimum atomic E-state index is -0.765. The largest absolute Gasteiger partial charge is 0.412 e. The van der Waals surface area contributed by atoms with Gasteiger partial charge in [0.25, 0.3) is 0 Å². The number of primary amides is 1. The summed E-state index contributed by atoms with van der Waals surface area (Å²) in [6, 6.07) is -0.765. The van der Waals surface area contributed by atoms with E-state index in [2.05, 4.69) is 15.0 Å². The molecular weight excluding hydrogens is 353 g/mol. The minimum absolute atomic E-state index is 0. The van der Waals surface area contributed by atoms with Crippen molar-refractivity contribution in [2.75, 3.05) is 0 Å². The quantitative estimate of drug-likeness (QED) is 0.314. The number of aliphatic imine (C=N–C) groups is 2. The van der Waals surface area contributed by atoms with Crippen LogP contribution in [0.25, 0.3) is 0 Å². The summed E-state index contributed by atoms with van der Waals surface area (Å²) in [5, 5.41) is 2.45. The van der Waals surface area contributed by atoms with Gasteiger partial charge in [-0.3, -0.25) is 0 Å². The molecule has 0 fully saturated rings. The van der Waals surface area contributed by atoms with Crippen LogP contribution >= 0.6 is 36.2 Å². The van der Waals surface area contributed by atoms with Gasteiger partial charge < -0.3 is 28.4 Å². The van der Waals surface area contributed by atoms with E-state index in [1.807, 2.05) is 5.38 Å². The lowest BCUT2D eigenvalue weighted by atomic mass is 10.1. The van der Waals surface area contributed by atoms with Gasteiger partial charge in [-0.05, 0) is 19.3 Å². The van der Waals surface area contributed by atoms with Crippen molar-refractivity contribution in [3.05, 3.63) is 11.1 Å². The standard InChI is InChI=1S/C10H17N7OS.2ClH.H2O/c11-7(16-9(14)18)4-2-1-3-6-5-19-10(15-6)17-8(12)13;;;/h5H,1-4H2,(H4,11,14,16,18)(H4,12,13,15,17);2*1H;1H2. The van der Waals surface area contributed by atoms with E-state index in [-0.39, 0.29) is 42.1 Å². The number of hydrogen-bond acceptors (Lipinski definition) is 4. The number of urea groups is 1. The van der Waals surface area contributed by atoms with Gasteiger partial charge >= 0.3 is 6.03 Å². The topological polar surface area (TPSA) is 190 Å². The van der Waals surface area contributed by atoms with Crippen molar-refractivity contribution in [2.24, 2.45) is 32.9 Å². The number of amidine groups is 1. The van der Waals surface area contributed by atoms with Crippen LogP contribution < -0.4 is 22.9 Å². The van der Waals surface area contributed by atoms with Crippen molar-refractivity contribution < 1.29 is 10.3 Å². The molecule has 0 atom stereocenters. The average molecular weight is 374 g/mol. The highest BCUT2D eigenvalue weighted by atomic mass is 35.5. The number of nitrogens with zero attached hydrogens (tertiary/aromatic N) is 3. The van der Waals surface area contributed by atoms with Crippen LogP contribution in [0.2, 0.25) is 0 Å². The Hall–Kier alpha value is -1.62. The fourth-order valence-corrected chi connectivity index (χ4v) is 2.12. The molecule has 0 aliphatic carbocycles. The molecule has 2 amide bonds. The zero-order valence-corrected chi connectivity index (χ0v) is 14.1. The van der Waals surface area contributed by atoms with Gasteiger partial charge in [-0.2, -0.15) is 9.98 Å². The molecule has 0 unspecified atom stereocenters. The van der Waals surface area contributed by atoms with Crippen LogP contribution in [0.15, 0.2) is 15.4 Å². The molecule has 1 aromatic rings. The SMILES string of the molecule is Cl.Cl.NC(=O)N=C(N)CCCCc1csc(N=C(N)N)n1.O. The summed E-state index contributed by atoms with van der Waals surface area (Å²) >= 11 is 1.38. The van der Waals surface area contributed by atoms with Crippen LogP contribution in [0, 0.1) is 0 Å². The fraction of sp³-hybridized carbons (Fsp3) is 0.400. The fourth-order valence-electron chi connectivity index (χ4n) is 1.38. The maximum Gasteiger partial charge on any atom is 0.339 e. The Bertz CT molecular complexity index is 503. The highest BCUT2D eigenvalue weighted by molar-refractivity contribution is 7.13. The molecule has 9 nitrogen and oxygen atoms in total. The van der Waals surface area contributed by atoms with Gasteiger partial charge in [0.05, 0.1) is 5.69 Å². The number of unbranched alkanes of at least 4 members (excludes halogenated alkanes) is 1. The summed E-state index contributed by atoms with van der Waals surface area (Å²) in [5.74, 6) is 0.253. The van der Waals surface area contributed by atoms with Crippen molar-refractivity contribution in [1.29, 1.82) is 0 Å². The Kier molecular flexibility index (Phi) is 15.1. The number of guanidine groups is 1. The summed E-state index contributed by atoms with van der Waals surface area (Å²) in [4.78, 5) is 22.0. The molecule has 0 aromatic carbocycles. The van der Waals surface area contributed by atoms with E-state index in [0.717, 1.165) is 25.0 Å². The van der Waals surface area contributed by atoms with Crippen LogP contribution in [-0.4, -0.2) is 28.3 Å². The highest BCUT2D eigenvalue weighted by Gasteiger charge is 2.02. The molecule has 0 aliphatic heterocycles. The zero-order chi connectivity index (χ0) is 14.3. The smallest absolute Gasteiger partial charge is 0.339 e. The lowest BCUT2D eigenvalue weighted by Gasteiger charge is -1.99. The summed E-state index contributed by atoms with van der Waals surface area (Å²) in [6.45, 7) is 0.